The highest BCUT2D eigenvalue weighted by Gasteiger charge is 2.25. The van der Waals surface area contributed by atoms with Gasteiger partial charge in [0.05, 0.1) is 11.3 Å². The van der Waals surface area contributed by atoms with Gasteiger partial charge in [-0.2, -0.15) is 0 Å². The Hall–Kier alpha value is -2.66. The fourth-order valence-corrected chi connectivity index (χ4v) is 3.13. The molecule has 0 heterocycles. The molecule has 0 bridgehead atoms. The summed E-state index contributed by atoms with van der Waals surface area (Å²) in [4.78, 5) is 27.4. The van der Waals surface area contributed by atoms with Gasteiger partial charge in [0.2, 0.25) is 0 Å². The van der Waals surface area contributed by atoms with Crippen molar-refractivity contribution in [1.29, 1.82) is 0 Å². The van der Waals surface area contributed by atoms with E-state index in [1.54, 1.807) is 18.2 Å². The summed E-state index contributed by atoms with van der Waals surface area (Å²) in [6, 6.07) is 15.5. The molecule has 1 saturated carbocycles. The number of carbonyl (C=O) groups is 2. The molecule has 0 aliphatic heterocycles. The minimum absolute atomic E-state index is 0.137. The number of carbonyl (C=O) groups excluding carboxylic acids is 2. The third-order valence-electron chi connectivity index (χ3n) is 5.07. The zero-order valence-corrected chi connectivity index (χ0v) is 16.9. The second-order valence-electron chi connectivity index (χ2n) is 7.60. The van der Waals surface area contributed by atoms with Crippen LogP contribution < -0.4 is 10.6 Å². The predicted octanol–water partition coefficient (Wildman–Crippen LogP) is 4.06. The lowest BCUT2D eigenvalue weighted by Crippen LogP contribution is -2.29. The van der Waals surface area contributed by atoms with Crippen molar-refractivity contribution in [1.82, 2.24) is 10.2 Å². The van der Waals surface area contributed by atoms with Crippen LogP contribution in [0.4, 0.5) is 5.69 Å². The maximum Gasteiger partial charge on any atom is 0.255 e. The molecule has 148 valence electrons. The van der Waals surface area contributed by atoms with Gasteiger partial charge in [0.25, 0.3) is 11.8 Å². The Bertz CT molecular complexity index is 826. The van der Waals surface area contributed by atoms with Gasteiger partial charge in [0.15, 0.2) is 0 Å². The van der Waals surface area contributed by atoms with Crippen molar-refractivity contribution in [3.05, 3.63) is 65.2 Å². The predicted molar refractivity (Wildman–Crippen MR) is 113 cm³/mol. The molecule has 5 heteroatoms. The van der Waals surface area contributed by atoms with Crippen LogP contribution in [-0.4, -0.2) is 35.3 Å². The number of amides is 2. The highest BCUT2D eigenvalue weighted by molar-refractivity contribution is 6.09. The number of hydrogen-bond acceptors (Lipinski definition) is 3. The number of nitrogens with zero attached hydrogens (tertiary/aromatic N) is 1. The Morgan fingerprint density at radius 1 is 1.04 bits per heavy atom. The monoisotopic (exact) mass is 379 g/mol. The summed E-state index contributed by atoms with van der Waals surface area (Å²) >= 11 is 0. The highest BCUT2D eigenvalue weighted by Crippen LogP contribution is 2.22. The highest BCUT2D eigenvalue weighted by atomic mass is 16.2. The Balaban J connectivity index is 1.67. The summed E-state index contributed by atoms with van der Waals surface area (Å²) in [6.45, 7) is 8.36. The van der Waals surface area contributed by atoms with Crippen LogP contribution in [0.15, 0.2) is 48.5 Å². The van der Waals surface area contributed by atoms with Crippen molar-refractivity contribution >= 4 is 17.5 Å². The molecular formula is C23H29N3O2. The van der Waals surface area contributed by atoms with Crippen molar-refractivity contribution in [2.75, 3.05) is 11.9 Å². The molecule has 0 spiro atoms. The molecule has 1 aliphatic rings. The molecule has 0 unspecified atom stereocenters. The van der Waals surface area contributed by atoms with Crippen LogP contribution in [0.5, 0.6) is 0 Å². The van der Waals surface area contributed by atoms with Gasteiger partial charge in [-0.15, -0.1) is 0 Å². The van der Waals surface area contributed by atoms with E-state index in [2.05, 4.69) is 36.3 Å². The summed E-state index contributed by atoms with van der Waals surface area (Å²) in [5.41, 5.74) is 2.78. The molecule has 0 atom stereocenters. The van der Waals surface area contributed by atoms with Crippen LogP contribution in [0.3, 0.4) is 0 Å². The third-order valence-corrected chi connectivity index (χ3v) is 5.07. The lowest BCUT2D eigenvalue weighted by atomic mass is 10.1. The minimum atomic E-state index is -0.213. The zero-order chi connectivity index (χ0) is 20.1. The first-order chi connectivity index (χ1) is 13.5. The first-order valence-electron chi connectivity index (χ1n) is 10.0. The van der Waals surface area contributed by atoms with Crippen LogP contribution in [0.25, 0.3) is 0 Å². The van der Waals surface area contributed by atoms with Crippen molar-refractivity contribution in [2.45, 2.75) is 52.2 Å². The Labute approximate surface area is 167 Å². The quantitative estimate of drug-likeness (QED) is 0.727. The maximum atomic E-state index is 12.7. The smallest absolute Gasteiger partial charge is 0.255 e. The minimum Gasteiger partial charge on any atom is -0.349 e. The number of para-hydroxylation sites is 1. The van der Waals surface area contributed by atoms with E-state index in [4.69, 9.17) is 0 Å². The lowest BCUT2D eigenvalue weighted by molar-refractivity contribution is 0.0952. The molecule has 0 radical (unpaired) electrons. The number of nitrogens with one attached hydrogen (secondary N) is 2. The number of hydrogen-bond donors (Lipinski definition) is 2. The number of anilines is 1. The third kappa shape index (κ3) is 5.20. The number of rotatable bonds is 8. The van der Waals surface area contributed by atoms with E-state index in [0.29, 0.717) is 22.9 Å². The topological polar surface area (TPSA) is 61.4 Å². The molecule has 3 rings (SSSR count). The molecule has 0 aromatic heterocycles. The Kier molecular flexibility index (Phi) is 6.47. The molecule has 2 aromatic carbocycles. The molecular weight excluding hydrogens is 350 g/mol. The molecule has 0 saturated heterocycles. The summed E-state index contributed by atoms with van der Waals surface area (Å²) in [6.07, 6.45) is 2.05. The summed E-state index contributed by atoms with van der Waals surface area (Å²) in [5, 5.41) is 5.85. The molecule has 28 heavy (non-hydrogen) atoms. The lowest BCUT2D eigenvalue weighted by Gasteiger charge is -2.24. The molecule has 1 fully saturated rings. The van der Waals surface area contributed by atoms with Crippen LogP contribution >= 0.6 is 0 Å². The number of benzene rings is 2. The molecule has 1 aliphatic carbocycles. The van der Waals surface area contributed by atoms with E-state index in [9.17, 15) is 9.59 Å². The van der Waals surface area contributed by atoms with E-state index in [-0.39, 0.29) is 17.9 Å². The van der Waals surface area contributed by atoms with Gasteiger partial charge in [-0.1, -0.05) is 31.2 Å². The molecule has 5 nitrogen and oxygen atoms in total. The van der Waals surface area contributed by atoms with Crippen molar-refractivity contribution in [3.63, 3.8) is 0 Å². The van der Waals surface area contributed by atoms with Crippen LogP contribution in [0.1, 0.15) is 59.9 Å². The van der Waals surface area contributed by atoms with Gasteiger partial charge in [-0.05, 0) is 63.1 Å². The van der Waals surface area contributed by atoms with Crippen LogP contribution in [0, 0.1) is 0 Å². The largest absolute Gasteiger partial charge is 0.349 e. The molecule has 2 N–H and O–H groups in total. The molecule has 2 aromatic rings. The maximum absolute atomic E-state index is 12.7. The van der Waals surface area contributed by atoms with E-state index < -0.39 is 0 Å². The standard InChI is InChI=1S/C23H29N3O2/c1-4-26(16(2)3)15-17-9-11-18(12-10-17)22(27)25-21-8-6-5-7-20(21)23(28)24-19-13-14-19/h5-12,16,19H,4,13-15H2,1-3H3,(H,24,28)(H,25,27). The van der Waals surface area contributed by atoms with Gasteiger partial charge in [-0.3, -0.25) is 14.5 Å². The van der Waals surface area contributed by atoms with Gasteiger partial charge < -0.3 is 10.6 Å². The summed E-state index contributed by atoms with van der Waals surface area (Å²) in [7, 11) is 0. The Morgan fingerprint density at radius 3 is 2.32 bits per heavy atom. The summed E-state index contributed by atoms with van der Waals surface area (Å²) < 4.78 is 0. The fraction of sp³-hybridized carbons (Fsp3) is 0.391. The van der Waals surface area contributed by atoms with Gasteiger partial charge >= 0.3 is 0 Å². The van der Waals surface area contributed by atoms with E-state index in [1.807, 2.05) is 30.3 Å². The van der Waals surface area contributed by atoms with Crippen molar-refractivity contribution < 1.29 is 9.59 Å². The normalized spacial score (nSPS) is 13.6. The van der Waals surface area contributed by atoms with Crippen molar-refractivity contribution in [3.8, 4) is 0 Å². The summed E-state index contributed by atoms with van der Waals surface area (Å²) in [5.74, 6) is -0.350. The first-order valence-corrected chi connectivity index (χ1v) is 10.0. The van der Waals surface area contributed by atoms with E-state index >= 15 is 0 Å². The fourth-order valence-electron chi connectivity index (χ4n) is 3.13. The van der Waals surface area contributed by atoms with Crippen LogP contribution in [0.2, 0.25) is 0 Å². The second-order valence-corrected chi connectivity index (χ2v) is 7.60. The Morgan fingerprint density at radius 2 is 1.71 bits per heavy atom. The van der Waals surface area contributed by atoms with Crippen LogP contribution in [-0.2, 0) is 6.54 Å². The average Bonchev–Trinajstić information content (AvgIpc) is 3.50. The first kappa shape index (κ1) is 20.1. The average molecular weight is 380 g/mol. The second kappa shape index (κ2) is 9.02. The van der Waals surface area contributed by atoms with Crippen molar-refractivity contribution in [2.24, 2.45) is 0 Å². The van der Waals surface area contributed by atoms with Gasteiger partial charge in [-0.25, -0.2) is 0 Å². The zero-order valence-electron chi connectivity index (χ0n) is 16.9. The van der Waals surface area contributed by atoms with Gasteiger partial charge in [0.1, 0.15) is 0 Å². The SMILES string of the molecule is CCN(Cc1ccc(C(=O)Nc2ccccc2C(=O)NC2CC2)cc1)C(C)C. The van der Waals surface area contributed by atoms with E-state index in [0.717, 1.165) is 25.9 Å². The van der Waals surface area contributed by atoms with E-state index in [1.165, 1.54) is 5.56 Å². The molecule has 2 amide bonds. The van der Waals surface area contributed by atoms with Gasteiger partial charge in [0, 0.05) is 24.2 Å².